The number of nitrogens with one attached hydrogen (secondary N) is 1. The minimum absolute atomic E-state index is 0.689. The molecule has 2 nitrogen and oxygen atoms in total. The molecule has 2 aliphatic rings. The Labute approximate surface area is 126 Å². The molecule has 1 heterocycles. The summed E-state index contributed by atoms with van der Waals surface area (Å²) >= 11 is 0. The van der Waals surface area contributed by atoms with Gasteiger partial charge in [0.25, 0.3) is 0 Å². The maximum Gasteiger partial charge on any atom is 0.0244 e. The van der Waals surface area contributed by atoms with Gasteiger partial charge in [-0.3, -0.25) is 4.90 Å². The first kappa shape index (κ1) is 16.0. The van der Waals surface area contributed by atoms with Crippen molar-refractivity contribution in [1.82, 2.24) is 10.2 Å². The van der Waals surface area contributed by atoms with Gasteiger partial charge in [-0.15, -0.1) is 0 Å². The molecule has 20 heavy (non-hydrogen) atoms. The second kappa shape index (κ2) is 7.61. The van der Waals surface area contributed by atoms with Crippen molar-refractivity contribution in [3.05, 3.63) is 12.2 Å². The van der Waals surface area contributed by atoms with Gasteiger partial charge in [-0.25, -0.2) is 0 Å². The number of nitrogens with zero attached hydrogens (tertiary/aromatic N) is 1. The zero-order valence-electron chi connectivity index (χ0n) is 13.9. The van der Waals surface area contributed by atoms with E-state index in [0.717, 1.165) is 23.8 Å². The molecular weight excluding hydrogens is 244 g/mol. The molecule has 116 valence electrons. The molecule has 0 aromatic rings. The second-order valence-electron chi connectivity index (χ2n) is 7.32. The molecule has 1 N–H and O–H groups in total. The van der Waals surface area contributed by atoms with Crippen LogP contribution in [0.15, 0.2) is 12.2 Å². The Kier molecular flexibility index (Phi) is 6.10. The van der Waals surface area contributed by atoms with Gasteiger partial charge in [0, 0.05) is 31.7 Å². The Morgan fingerprint density at radius 1 is 1.25 bits per heavy atom. The summed E-state index contributed by atoms with van der Waals surface area (Å²) in [6, 6.07) is 1.41. The molecule has 4 atom stereocenters. The minimum Gasteiger partial charge on any atom is -0.311 e. The molecule has 0 spiro atoms. The summed E-state index contributed by atoms with van der Waals surface area (Å²) < 4.78 is 0. The normalized spacial score (nSPS) is 33.5. The average Bonchev–Trinajstić information content (AvgIpc) is 2.47. The van der Waals surface area contributed by atoms with Crippen LogP contribution < -0.4 is 5.32 Å². The van der Waals surface area contributed by atoms with Crippen molar-refractivity contribution in [2.45, 2.75) is 65.5 Å². The summed E-state index contributed by atoms with van der Waals surface area (Å²) in [5.74, 6) is 2.42. The maximum atomic E-state index is 3.81. The van der Waals surface area contributed by atoms with E-state index in [4.69, 9.17) is 0 Å². The molecule has 0 amide bonds. The molecular formula is C18H34N2. The van der Waals surface area contributed by atoms with Crippen molar-refractivity contribution in [2.75, 3.05) is 19.6 Å². The fraction of sp³-hybridized carbons (Fsp3) is 0.889. The SMILES string of the molecule is CCC(C)C1CN(CC2CC=CCC2)C(C(C)C)CN1. The molecule has 0 aromatic heterocycles. The summed E-state index contributed by atoms with van der Waals surface area (Å²) in [6.07, 6.45) is 10.0. The van der Waals surface area contributed by atoms with Crippen LogP contribution >= 0.6 is 0 Å². The highest BCUT2D eigenvalue weighted by atomic mass is 15.2. The zero-order chi connectivity index (χ0) is 14.5. The van der Waals surface area contributed by atoms with E-state index in [0.29, 0.717) is 6.04 Å². The zero-order valence-corrected chi connectivity index (χ0v) is 13.9. The molecule has 0 saturated carbocycles. The first-order valence-electron chi connectivity index (χ1n) is 8.74. The van der Waals surface area contributed by atoms with E-state index in [-0.39, 0.29) is 0 Å². The molecule has 0 radical (unpaired) electrons. The molecule has 4 unspecified atom stereocenters. The third-order valence-corrected chi connectivity index (χ3v) is 5.46. The van der Waals surface area contributed by atoms with Gasteiger partial charge in [0.15, 0.2) is 0 Å². The Morgan fingerprint density at radius 3 is 2.65 bits per heavy atom. The number of rotatable bonds is 5. The van der Waals surface area contributed by atoms with Crippen molar-refractivity contribution >= 4 is 0 Å². The molecule has 1 aliphatic carbocycles. The van der Waals surface area contributed by atoms with Gasteiger partial charge in [0.1, 0.15) is 0 Å². The van der Waals surface area contributed by atoms with E-state index in [1.807, 2.05) is 0 Å². The molecule has 1 fully saturated rings. The van der Waals surface area contributed by atoms with E-state index in [9.17, 15) is 0 Å². The molecule has 0 aromatic carbocycles. The lowest BCUT2D eigenvalue weighted by atomic mass is 9.89. The van der Waals surface area contributed by atoms with Gasteiger partial charge in [-0.1, -0.05) is 46.3 Å². The van der Waals surface area contributed by atoms with E-state index in [2.05, 4.69) is 50.1 Å². The Morgan fingerprint density at radius 2 is 2.05 bits per heavy atom. The summed E-state index contributed by atoms with van der Waals surface area (Å²) in [4.78, 5) is 2.81. The van der Waals surface area contributed by atoms with Gasteiger partial charge in [0.2, 0.25) is 0 Å². The smallest absolute Gasteiger partial charge is 0.0244 e. The van der Waals surface area contributed by atoms with Crippen LogP contribution in [0.2, 0.25) is 0 Å². The standard InChI is InChI=1S/C18H34N2/c1-5-15(4)17-13-20(18(11-19-17)14(2)3)12-16-9-7-6-8-10-16/h6-7,14-19H,5,8-13H2,1-4H3. The second-order valence-corrected chi connectivity index (χ2v) is 7.32. The van der Waals surface area contributed by atoms with Gasteiger partial charge in [-0.05, 0) is 37.0 Å². The maximum absolute atomic E-state index is 3.81. The first-order chi connectivity index (χ1) is 9.61. The molecule has 2 rings (SSSR count). The summed E-state index contributed by atoms with van der Waals surface area (Å²) in [5, 5.41) is 3.81. The third-order valence-electron chi connectivity index (χ3n) is 5.46. The summed E-state index contributed by atoms with van der Waals surface area (Å²) in [7, 11) is 0. The molecule has 1 aliphatic heterocycles. The van der Waals surface area contributed by atoms with Crippen LogP contribution in [0.4, 0.5) is 0 Å². The van der Waals surface area contributed by atoms with E-state index >= 15 is 0 Å². The Bertz CT molecular complexity index is 311. The van der Waals surface area contributed by atoms with Crippen molar-refractivity contribution in [2.24, 2.45) is 17.8 Å². The number of allylic oxidation sites excluding steroid dienone is 2. The van der Waals surface area contributed by atoms with Crippen LogP contribution in [0.3, 0.4) is 0 Å². The van der Waals surface area contributed by atoms with Crippen molar-refractivity contribution < 1.29 is 0 Å². The van der Waals surface area contributed by atoms with Crippen molar-refractivity contribution in [3.63, 3.8) is 0 Å². The van der Waals surface area contributed by atoms with Gasteiger partial charge >= 0.3 is 0 Å². The van der Waals surface area contributed by atoms with Gasteiger partial charge < -0.3 is 5.32 Å². The largest absolute Gasteiger partial charge is 0.311 e. The summed E-state index contributed by atoms with van der Waals surface area (Å²) in [6.45, 7) is 13.2. The fourth-order valence-corrected chi connectivity index (χ4v) is 3.74. The molecule has 1 saturated heterocycles. The lowest BCUT2D eigenvalue weighted by Gasteiger charge is -2.45. The fourth-order valence-electron chi connectivity index (χ4n) is 3.74. The van der Waals surface area contributed by atoms with Gasteiger partial charge in [-0.2, -0.15) is 0 Å². The number of piperazine rings is 1. The first-order valence-corrected chi connectivity index (χ1v) is 8.74. The van der Waals surface area contributed by atoms with Crippen LogP contribution in [0.1, 0.15) is 53.4 Å². The predicted molar refractivity (Wildman–Crippen MR) is 87.9 cm³/mol. The topological polar surface area (TPSA) is 15.3 Å². The lowest BCUT2D eigenvalue weighted by molar-refractivity contribution is 0.0655. The highest BCUT2D eigenvalue weighted by molar-refractivity contribution is 4.94. The molecule has 0 bridgehead atoms. The Balaban J connectivity index is 1.97. The van der Waals surface area contributed by atoms with Crippen LogP contribution in [-0.2, 0) is 0 Å². The molecule has 2 heteroatoms. The number of hydrogen-bond donors (Lipinski definition) is 1. The quantitative estimate of drug-likeness (QED) is 0.772. The highest BCUT2D eigenvalue weighted by Gasteiger charge is 2.32. The summed E-state index contributed by atoms with van der Waals surface area (Å²) in [5.41, 5.74) is 0. The Hall–Kier alpha value is -0.340. The van der Waals surface area contributed by atoms with Crippen LogP contribution in [0.25, 0.3) is 0 Å². The predicted octanol–water partition coefficient (Wildman–Crippen LogP) is 3.69. The minimum atomic E-state index is 0.689. The number of hydrogen-bond acceptors (Lipinski definition) is 2. The van der Waals surface area contributed by atoms with E-state index < -0.39 is 0 Å². The van der Waals surface area contributed by atoms with Crippen molar-refractivity contribution in [3.8, 4) is 0 Å². The van der Waals surface area contributed by atoms with Crippen molar-refractivity contribution in [1.29, 1.82) is 0 Å². The van der Waals surface area contributed by atoms with E-state index in [1.165, 1.54) is 45.3 Å². The van der Waals surface area contributed by atoms with Gasteiger partial charge in [0.05, 0.1) is 0 Å². The monoisotopic (exact) mass is 278 g/mol. The van der Waals surface area contributed by atoms with Crippen LogP contribution in [0.5, 0.6) is 0 Å². The van der Waals surface area contributed by atoms with Crippen LogP contribution in [-0.4, -0.2) is 36.6 Å². The lowest BCUT2D eigenvalue weighted by Crippen LogP contribution is -2.60. The van der Waals surface area contributed by atoms with E-state index in [1.54, 1.807) is 0 Å². The highest BCUT2D eigenvalue weighted by Crippen LogP contribution is 2.25. The van der Waals surface area contributed by atoms with Crippen LogP contribution in [0, 0.1) is 17.8 Å². The average molecular weight is 278 g/mol. The third kappa shape index (κ3) is 4.08.